The molecule has 1 aromatic heterocycles. The largest absolute Gasteiger partial charge is 0.333 e. The maximum atomic E-state index is 13.2. The molecule has 3 nitrogen and oxygen atoms in total. The van der Waals surface area contributed by atoms with Gasteiger partial charge in [-0.25, -0.2) is 9.37 Å². The molecule has 0 aliphatic rings. The highest BCUT2D eigenvalue weighted by Crippen LogP contribution is 2.12. The number of hydrogen-bond donors (Lipinski definition) is 1. The summed E-state index contributed by atoms with van der Waals surface area (Å²) in [6, 6.07) is 4.88. The van der Waals surface area contributed by atoms with Crippen molar-refractivity contribution in [2.45, 2.75) is 26.9 Å². The van der Waals surface area contributed by atoms with Crippen molar-refractivity contribution < 1.29 is 4.39 Å². The number of imidazole rings is 1. The molecule has 0 aliphatic heterocycles. The van der Waals surface area contributed by atoms with Crippen LogP contribution in [0.4, 0.5) is 4.39 Å². The van der Waals surface area contributed by atoms with Gasteiger partial charge in [-0.15, -0.1) is 0 Å². The van der Waals surface area contributed by atoms with E-state index in [1.54, 1.807) is 18.5 Å². The molecule has 18 heavy (non-hydrogen) atoms. The second kappa shape index (κ2) is 5.78. The summed E-state index contributed by atoms with van der Waals surface area (Å²) in [5.41, 5.74) is 3.09. The van der Waals surface area contributed by atoms with Gasteiger partial charge in [-0.05, 0) is 36.7 Å². The van der Waals surface area contributed by atoms with Crippen molar-refractivity contribution in [2.24, 2.45) is 0 Å². The molecular formula is C14H18FN3. The molecule has 1 N–H and O–H groups in total. The molecule has 2 aromatic rings. The van der Waals surface area contributed by atoms with Gasteiger partial charge in [0.15, 0.2) is 0 Å². The normalized spacial score (nSPS) is 10.8. The predicted octanol–water partition coefficient (Wildman–Crippen LogP) is 2.49. The van der Waals surface area contributed by atoms with Gasteiger partial charge < -0.3 is 9.88 Å². The van der Waals surface area contributed by atoms with Crippen LogP contribution >= 0.6 is 0 Å². The molecule has 0 radical (unpaired) electrons. The van der Waals surface area contributed by atoms with E-state index < -0.39 is 0 Å². The highest BCUT2D eigenvalue weighted by molar-refractivity contribution is 5.26. The van der Waals surface area contributed by atoms with Crippen LogP contribution in [0.1, 0.15) is 23.7 Å². The van der Waals surface area contributed by atoms with Gasteiger partial charge in [0.1, 0.15) is 5.82 Å². The molecule has 2 rings (SSSR count). The Morgan fingerprint density at radius 3 is 3.00 bits per heavy atom. The van der Waals surface area contributed by atoms with Gasteiger partial charge in [0.05, 0.1) is 12.0 Å². The van der Waals surface area contributed by atoms with Crippen molar-refractivity contribution in [1.29, 1.82) is 0 Å². The molecule has 0 spiro atoms. The topological polar surface area (TPSA) is 29.9 Å². The first kappa shape index (κ1) is 12.8. The maximum Gasteiger partial charge on any atom is 0.123 e. The van der Waals surface area contributed by atoms with E-state index in [0.29, 0.717) is 6.54 Å². The van der Waals surface area contributed by atoms with Crippen LogP contribution in [0.25, 0.3) is 0 Å². The molecular weight excluding hydrogens is 229 g/mol. The number of hydrogen-bond acceptors (Lipinski definition) is 2. The van der Waals surface area contributed by atoms with Gasteiger partial charge in [0.2, 0.25) is 0 Å². The fraction of sp³-hybridized carbons (Fsp3) is 0.357. The standard InChI is InChI=1S/C14H18FN3/c1-3-16-7-14-9-18(10-17-14)8-12-6-13(15)5-4-11(12)2/h4-6,9-10,16H,3,7-8H2,1-2H3. The summed E-state index contributed by atoms with van der Waals surface area (Å²) in [6.07, 6.45) is 3.78. The molecule has 1 aromatic carbocycles. The number of benzene rings is 1. The second-order valence-electron chi connectivity index (χ2n) is 4.39. The smallest absolute Gasteiger partial charge is 0.123 e. The Labute approximate surface area is 107 Å². The molecule has 0 bridgehead atoms. The first-order valence-corrected chi connectivity index (χ1v) is 6.15. The Hall–Kier alpha value is -1.68. The summed E-state index contributed by atoms with van der Waals surface area (Å²) in [6.45, 7) is 6.41. The predicted molar refractivity (Wildman–Crippen MR) is 69.8 cm³/mol. The fourth-order valence-electron chi connectivity index (χ4n) is 1.84. The molecule has 1 heterocycles. The van der Waals surface area contributed by atoms with Gasteiger partial charge in [0, 0.05) is 19.3 Å². The van der Waals surface area contributed by atoms with Gasteiger partial charge in [-0.1, -0.05) is 13.0 Å². The molecule has 0 unspecified atom stereocenters. The minimum atomic E-state index is -0.191. The molecule has 0 aliphatic carbocycles. The highest BCUT2D eigenvalue weighted by atomic mass is 19.1. The summed E-state index contributed by atoms with van der Waals surface area (Å²) in [5.74, 6) is -0.191. The number of nitrogens with zero attached hydrogens (tertiary/aromatic N) is 2. The van der Waals surface area contributed by atoms with E-state index in [4.69, 9.17) is 0 Å². The van der Waals surface area contributed by atoms with Crippen molar-refractivity contribution >= 4 is 0 Å². The third-order valence-corrected chi connectivity index (χ3v) is 2.91. The molecule has 0 saturated heterocycles. The zero-order valence-electron chi connectivity index (χ0n) is 10.8. The fourth-order valence-corrected chi connectivity index (χ4v) is 1.84. The first-order chi connectivity index (χ1) is 8.69. The molecule has 0 saturated carbocycles. The van der Waals surface area contributed by atoms with Gasteiger partial charge in [0.25, 0.3) is 0 Å². The lowest BCUT2D eigenvalue weighted by Gasteiger charge is -2.06. The van der Waals surface area contributed by atoms with E-state index in [0.717, 1.165) is 29.9 Å². The van der Waals surface area contributed by atoms with E-state index in [2.05, 4.69) is 17.2 Å². The number of halogens is 1. The Bertz CT molecular complexity index is 520. The zero-order valence-corrected chi connectivity index (χ0v) is 10.8. The number of aromatic nitrogens is 2. The van der Waals surface area contributed by atoms with E-state index >= 15 is 0 Å². The number of nitrogens with one attached hydrogen (secondary N) is 1. The summed E-state index contributed by atoms with van der Waals surface area (Å²) in [4.78, 5) is 4.31. The van der Waals surface area contributed by atoms with E-state index in [1.807, 2.05) is 17.7 Å². The van der Waals surface area contributed by atoms with Crippen LogP contribution in [-0.2, 0) is 13.1 Å². The van der Waals surface area contributed by atoms with Crippen LogP contribution < -0.4 is 5.32 Å². The van der Waals surface area contributed by atoms with Crippen molar-refractivity contribution in [2.75, 3.05) is 6.54 Å². The Morgan fingerprint density at radius 2 is 2.22 bits per heavy atom. The van der Waals surface area contributed by atoms with Crippen molar-refractivity contribution in [3.05, 3.63) is 53.4 Å². The van der Waals surface area contributed by atoms with Crippen molar-refractivity contribution in [3.63, 3.8) is 0 Å². The number of aryl methyl sites for hydroxylation is 1. The minimum Gasteiger partial charge on any atom is -0.333 e. The summed E-state index contributed by atoms with van der Waals surface area (Å²) >= 11 is 0. The summed E-state index contributed by atoms with van der Waals surface area (Å²) in [7, 11) is 0. The molecule has 0 amide bonds. The minimum absolute atomic E-state index is 0.191. The average Bonchev–Trinajstić information content (AvgIpc) is 2.79. The lowest BCUT2D eigenvalue weighted by atomic mass is 10.1. The monoisotopic (exact) mass is 247 g/mol. The van der Waals surface area contributed by atoms with Gasteiger partial charge in [-0.3, -0.25) is 0 Å². The van der Waals surface area contributed by atoms with Gasteiger partial charge in [-0.2, -0.15) is 0 Å². The lowest BCUT2D eigenvalue weighted by Crippen LogP contribution is -2.11. The Balaban J connectivity index is 2.08. The molecule has 0 atom stereocenters. The third kappa shape index (κ3) is 3.17. The zero-order chi connectivity index (χ0) is 13.0. The van der Waals surface area contributed by atoms with Crippen LogP contribution in [0.5, 0.6) is 0 Å². The van der Waals surface area contributed by atoms with Crippen LogP contribution in [0.15, 0.2) is 30.7 Å². The van der Waals surface area contributed by atoms with E-state index in [1.165, 1.54) is 6.07 Å². The average molecular weight is 247 g/mol. The maximum absolute atomic E-state index is 13.2. The third-order valence-electron chi connectivity index (χ3n) is 2.91. The Kier molecular flexibility index (Phi) is 4.10. The second-order valence-corrected chi connectivity index (χ2v) is 4.39. The SMILES string of the molecule is CCNCc1cn(Cc2cc(F)ccc2C)cn1. The van der Waals surface area contributed by atoms with Gasteiger partial charge >= 0.3 is 0 Å². The van der Waals surface area contributed by atoms with Crippen molar-refractivity contribution in [3.8, 4) is 0 Å². The Morgan fingerprint density at radius 1 is 1.39 bits per heavy atom. The van der Waals surface area contributed by atoms with Crippen LogP contribution in [-0.4, -0.2) is 16.1 Å². The molecule has 4 heteroatoms. The molecule has 0 fully saturated rings. The first-order valence-electron chi connectivity index (χ1n) is 6.15. The lowest BCUT2D eigenvalue weighted by molar-refractivity contribution is 0.622. The van der Waals surface area contributed by atoms with E-state index in [-0.39, 0.29) is 5.82 Å². The van der Waals surface area contributed by atoms with Crippen molar-refractivity contribution in [1.82, 2.24) is 14.9 Å². The van der Waals surface area contributed by atoms with E-state index in [9.17, 15) is 4.39 Å². The summed E-state index contributed by atoms with van der Waals surface area (Å²) in [5, 5.41) is 3.23. The van der Waals surface area contributed by atoms with Crippen LogP contribution in [0, 0.1) is 12.7 Å². The highest BCUT2D eigenvalue weighted by Gasteiger charge is 2.03. The number of rotatable bonds is 5. The summed E-state index contributed by atoms with van der Waals surface area (Å²) < 4.78 is 15.2. The molecule has 96 valence electrons. The quantitative estimate of drug-likeness (QED) is 0.879. The van der Waals surface area contributed by atoms with Crippen LogP contribution in [0.3, 0.4) is 0 Å². The van der Waals surface area contributed by atoms with Crippen LogP contribution in [0.2, 0.25) is 0 Å².